The van der Waals surface area contributed by atoms with Crippen LogP contribution in [-0.4, -0.2) is 33.3 Å². The smallest absolute Gasteiger partial charge is 0.197 e. The van der Waals surface area contributed by atoms with Gasteiger partial charge in [0.25, 0.3) is 0 Å². The van der Waals surface area contributed by atoms with Gasteiger partial charge in [-0.1, -0.05) is 11.6 Å². The van der Waals surface area contributed by atoms with Crippen molar-refractivity contribution in [3.63, 3.8) is 0 Å². The maximum Gasteiger partial charge on any atom is 0.197 e. The van der Waals surface area contributed by atoms with E-state index in [1.807, 2.05) is 24.2 Å². The van der Waals surface area contributed by atoms with E-state index in [9.17, 15) is 0 Å². The van der Waals surface area contributed by atoms with Crippen molar-refractivity contribution in [2.24, 2.45) is 4.99 Å². The van der Waals surface area contributed by atoms with Crippen LogP contribution < -0.4 is 0 Å². The van der Waals surface area contributed by atoms with Crippen LogP contribution in [-0.2, 0) is 0 Å². The molecule has 0 saturated heterocycles. The fourth-order valence-corrected chi connectivity index (χ4v) is 1.27. The maximum atomic E-state index is 5.96. The topological polar surface area (TPSA) is 41.4 Å². The number of alkyl halides is 1. The molecule has 72 valence electrons. The Labute approximate surface area is 87.0 Å². The number of nitrogens with zero attached hydrogens (tertiary/aromatic N) is 4. The Morgan fingerprint density at radius 1 is 1.50 bits per heavy atom. The van der Waals surface area contributed by atoms with Gasteiger partial charge >= 0.3 is 0 Å². The van der Waals surface area contributed by atoms with Gasteiger partial charge in [0, 0.05) is 19.4 Å². The molecule has 0 fully saturated rings. The average molecular weight is 209 g/mol. The van der Waals surface area contributed by atoms with Crippen LogP contribution in [0.3, 0.4) is 0 Å². The van der Waals surface area contributed by atoms with Crippen molar-refractivity contribution in [3.8, 4) is 0 Å². The Morgan fingerprint density at radius 3 is 3.00 bits per heavy atom. The number of rotatable bonds is 1. The quantitative estimate of drug-likeness (QED) is 0.515. The highest BCUT2D eigenvalue weighted by Gasteiger charge is 2.13. The number of aromatic nitrogens is 2. The Balaban J connectivity index is 2.30. The largest absolute Gasteiger partial charge is 0.347 e. The molecule has 2 heterocycles. The molecule has 0 bridgehead atoms. The van der Waals surface area contributed by atoms with Crippen LogP contribution in [0.25, 0.3) is 0 Å². The number of allylic oxidation sites excluding steroid dienone is 1. The lowest BCUT2D eigenvalue weighted by molar-refractivity contribution is 0.427. The maximum absolute atomic E-state index is 5.96. The van der Waals surface area contributed by atoms with Crippen LogP contribution in [0, 0.1) is 0 Å². The van der Waals surface area contributed by atoms with Crippen molar-refractivity contribution >= 4 is 17.3 Å². The first-order chi connectivity index (χ1) is 6.77. The molecule has 1 aliphatic rings. The van der Waals surface area contributed by atoms with Gasteiger partial charge in [-0.2, -0.15) is 0 Å². The van der Waals surface area contributed by atoms with Crippen LogP contribution in [0.2, 0.25) is 0 Å². The zero-order valence-electron chi connectivity index (χ0n) is 7.63. The van der Waals surface area contributed by atoms with Gasteiger partial charge in [-0.15, -0.1) is 0 Å². The zero-order chi connectivity index (χ0) is 9.97. The summed E-state index contributed by atoms with van der Waals surface area (Å²) < 4.78 is 0. The lowest BCUT2D eigenvalue weighted by Gasteiger charge is -2.21. The summed E-state index contributed by atoms with van der Waals surface area (Å²) in [6.07, 6.45) is 6.93. The van der Waals surface area contributed by atoms with Gasteiger partial charge in [0.1, 0.15) is 6.33 Å². The molecular weight excluding hydrogens is 200 g/mol. The monoisotopic (exact) mass is 208 g/mol. The van der Waals surface area contributed by atoms with Crippen LogP contribution in [0.5, 0.6) is 0 Å². The third kappa shape index (κ3) is 1.75. The van der Waals surface area contributed by atoms with E-state index in [1.54, 1.807) is 12.3 Å². The lowest BCUT2D eigenvalue weighted by atomic mass is 10.2. The van der Waals surface area contributed by atoms with Gasteiger partial charge < -0.3 is 4.90 Å². The van der Waals surface area contributed by atoms with Crippen molar-refractivity contribution in [1.82, 2.24) is 14.9 Å². The number of halogens is 1. The molecule has 2 rings (SSSR count). The van der Waals surface area contributed by atoms with Gasteiger partial charge in [0.15, 0.2) is 5.62 Å². The fraction of sp³-hybridized carbons (Fsp3) is 0.222. The van der Waals surface area contributed by atoms with E-state index in [-0.39, 0.29) is 5.62 Å². The number of hydrogen-bond donors (Lipinski definition) is 0. The van der Waals surface area contributed by atoms with Crippen LogP contribution in [0.4, 0.5) is 0 Å². The molecule has 0 spiro atoms. The van der Waals surface area contributed by atoms with Gasteiger partial charge in [-0.3, -0.25) is 0 Å². The standard InChI is InChI=1S/C9H9ClN4/c1-14-5-3-8(13-9(14)10)7-2-4-11-6-12-7/h2-6,9H,1H3. The molecule has 5 heteroatoms. The summed E-state index contributed by atoms with van der Waals surface area (Å²) in [5, 5.41) is 0. The molecule has 4 nitrogen and oxygen atoms in total. The second-order valence-electron chi connectivity index (χ2n) is 2.90. The highest BCUT2D eigenvalue weighted by molar-refractivity contribution is 6.22. The minimum absolute atomic E-state index is 0.357. The molecule has 0 amide bonds. The van der Waals surface area contributed by atoms with Crippen molar-refractivity contribution in [2.75, 3.05) is 7.05 Å². The summed E-state index contributed by atoms with van der Waals surface area (Å²) in [6, 6.07) is 1.80. The molecule has 1 unspecified atom stereocenters. The lowest BCUT2D eigenvalue weighted by Crippen LogP contribution is -2.25. The zero-order valence-corrected chi connectivity index (χ0v) is 8.39. The molecule has 0 aliphatic carbocycles. The highest BCUT2D eigenvalue weighted by atomic mass is 35.5. The minimum atomic E-state index is -0.357. The number of hydrogen-bond acceptors (Lipinski definition) is 4. The SMILES string of the molecule is CN1C=CC(c2ccncn2)=NC1Cl. The normalized spacial score (nSPS) is 20.9. The van der Waals surface area contributed by atoms with Crippen molar-refractivity contribution in [2.45, 2.75) is 5.62 Å². The van der Waals surface area contributed by atoms with Crippen LogP contribution in [0.1, 0.15) is 5.69 Å². The van der Waals surface area contributed by atoms with Gasteiger partial charge in [-0.25, -0.2) is 15.0 Å². The molecule has 0 saturated carbocycles. The molecule has 1 aromatic heterocycles. The molecule has 1 atom stereocenters. The second kappa shape index (κ2) is 3.75. The summed E-state index contributed by atoms with van der Waals surface area (Å²) in [6.45, 7) is 0. The highest BCUT2D eigenvalue weighted by Crippen LogP contribution is 2.12. The van der Waals surface area contributed by atoms with E-state index in [2.05, 4.69) is 15.0 Å². The summed E-state index contributed by atoms with van der Waals surface area (Å²) in [5.41, 5.74) is 1.21. The van der Waals surface area contributed by atoms with E-state index in [4.69, 9.17) is 11.6 Å². The van der Waals surface area contributed by atoms with Crippen LogP contribution >= 0.6 is 11.6 Å². The Kier molecular flexibility index (Phi) is 2.45. The molecule has 0 aromatic carbocycles. The van der Waals surface area contributed by atoms with E-state index < -0.39 is 0 Å². The summed E-state index contributed by atoms with van der Waals surface area (Å²) in [5.74, 6) is 0. The third-order valence-electron chi connectivity index (χ3n) is 1.89. The summed E-state index contributed by atoms with van der Waals surface area (Å²) in [4.78, 5) is 14.0. The second-order valence-corrected chi connectivity index (χ2v) is 3.29. The van der Waals surface area contributed by atoms with E-state index in [1.165, 1.54) is 6.33 Å². The summed E-state index contributed by atoms with van der Waals surface area (Å²) in [7, 11) is 1.87. The number of aliphatic imine (C=N–C) groups is 1. The Hall–Kier alpha value is -1.42. The predicted octanol–water partition coefficient (Wildman–Crippen LogP) is 1.25. The first kappa shape index (κ1) is 9.15. The predicted molar refractivity (Wildman–Crippen MR) is 55.1 cm³/mol. The van der Waals surface area contributed by atoms with E-state index in [0.717, 1.165) is 11.4 Å². The molecular formula is C9H9ClN4. The third-order valence-corrected chi connectivity index (χ3v) is 2.30. The van der Waals surface area contributed by atoms with Crippen molar-refractivity contribution in [3.05, 3.63) is 36.6 Å². The molecule has 1 aromatic rings. The van der Waals surface area contributed by atoms with Gasteiger partial charge in [0.05, 0.1) is 11.4 Å². The van der Waals surface area contributed by atoms with E-state index >= 15 is 0 Å². The average Bonchev–Trinajstić information content (AvgIpc) is 2.23. The van der Waals surface area contributed by atoms with Crippen molar-refractivity contribution < 1.29 is 0 Å². The summed E-state index contributed by atoms with van der Waals surface area (Å²) >= 11 is 5.96. The van der Waals surface area contributed by atoms with E-state index in [0.29, 0.717) is 0 Å². The van der Waals surface area contributed by atoms with Gasteiger partial charge in [-0.05, 0) is 12.1 Å². The molecule has 1 aliphatic heterocycles. The molecule has 0 N–H and O–H groups in total. The Bertz CT molecular complexity index is 374. The first-order valence-corrected chi connectivity index (χ1v) is 4.59. The fourth-order valence-electron chi connectivity index (χ4n) is 1.10. The molecule has 0 radical (unpaired) electrons. The van der Waals surface area contributed by atoms with Gasteiger partial charge in [0.2, 0.25) is 0 Å². The van der Waals surface area contributed by atoms with Crippen LogP contribution in [0.15, 0.2) is 35.9 Å². The molecule has 14 heavy (non-hydrogen) atoms. The Morgan fingerprint density at radius 2 is 2.36 bits per heavy atom. The first-order valence-electron chi connectivity index (χ1n) is 4.16. The van der Waals surface area contributed by atoms with Crippen molar-refractivity contribution in [1.29, 1.82) is 0 Å². The minimum Gasteiger partial charge on any atom is -0.347 e.